The van der Waals surface area contributed by atoms with E-state index in [0.717, 1.165) is 47.7 Å². The highest BCUT2D eigenvalue weighted by atomic mass is 16.5. The van der Waals surface area contributed by atoms with E-state index in [-0.39, 0.29) is 5.91 Å². The molecule has 0 saturated carbocycles. The molecule has 0 spiro atoms. The van der Waals surface area contributed by atoms with E-state index in [1.807, 2.05) is 24.0 Å². The van der Waals surface area contributed by atoms with Gasteiger partial charge in [0.25, 0.3) is 5.91 Å². The van der Waals surface area contributed by atoms with Gasteiger partial charge in [-0.15, -0.1) is 5.10 Å². The average Bonchev–Trinajstić information content (AvgIpc) is 3.14. The number of carbonyl (C=O) groups excluding carboxylic acids is 1. The van der Waals surface area contributed by atoms with Crippen molar-refractivity contribution >= 4 is 5.91 Å². The molecule has 0 unspecified atom stereocenters. The zero-order valence-electron chi connectivity index (χ0n) is 16.1. The van der Waals surface area contributed by atoms with Crippen LogP contribution in [0.25, 0.3) is 11.3 Å². The van der Waals surface area contributed by atoms with Crippen LogP contribution in [0.5, 0.6) is 0 Å². The highest BCUT2D eigenvalue weighted by Crippen LogP contribution is 2.31. The molecule has 0 N–H and O–H groups in total. The van der Waals surface area contributed by atoms with E-state index < -0.39 is 0 Å². The summed E-state index contributed by atoms with van der Waals surface area (Å²) in [5.74, 6) is 1.14. The molecule has 0 atom stereocenters. The first kappa shape index (κ1) is 18.3. The summed E-state index contributed by atoms with van der Waals surface area (Å²) in [5.41, 5.74) is 4.24. The Morgan fingerprint density at radius 1 is 1.21 bits per heavy atom. The molecule has 3 aromatic heterocycles. The molecule has 7 nitrogen and oxygen atoms in total. The van der Waals surface area contributed by atoms with E-state index in [9.17, 15) is 4.79 Å². The quantitative estimate of drug-likeness (QED) is 0.693. The molecule has 0 aromatic carbocycles. The van der Waals surface area contributed by atoms with E-state index in [4.69, 9.17) is 9.51 Å². The minimum Gasteiger partial charge on any atom is -0.360 e. The van der Waals surface area contributed by atoms with E-state index >= 15 is 0 Å². The maximum absolute atomic E-state index is 12.6. The Balaban J connectivity index is 1.48. The van der Waals surface area contributed by atoms with Crippen molar-refractivity contribution in [2.45, 2.75) is 39.0 Å². The number of carbonyl (C=O) groups is 1. The highest BCUT2D eigenvalue weighted by molar-refractivity contribution is 5.92. The van der Waals surface area contributed by atoms with Crippen molar-refractivity contribution in [3.63, 3.8) is 0 Å². The fourth-order valence-electron chi connectivity index (χ4n) is 3.76. The largest absolute Gasteiger partial charge is 0.360 e. The molecule has 0 radical (unpaired) electrons. The van der Waals surface area contributed by atoms with Crippen LogP contribution < -0.4 is 0 Å². The maximum atomic E-state index is 12.6. The predicted molar refractivity (Wildman–Crippen MR) is 104 cm³/mol. The van der Waals surface area contributed by atoms with Gasteiger partial charge >= 0.3 is 0 Å². The first-order valence-corrected chi connectivity index (χ1v) is 9.66. The topological polar surface area (TPSA) is 85.0 Å². The van der Waals surface area contributed by atoms with Gasteiger partial charge in [0.05, 0.1) is 17.0 Å². The molecule has 144 valence electrons. The van der Waals surface area contributed by atoms with Crippen LogP contribution in [0.2, 0.25) is 0 Å². The van der Waals surface area contributed by atoms with Crippen molar-refractivity contribution < 1.29 is 9.32 Å². The Hall–Kier alpha value is -3.09. The van der Waals surface area contributed by atoms with Crippen LogP contribution in [0.15, 0.2) is 41.1 Å². The summed E-state index contributed by atoms with van der Waals surface area (Å²) in [7, 11) is 0. The lowest BCUT2D eigenvalue weighted by atomic mass is 9.92. The van der Waals surface area contributed by atoms with Crippen molar-refractivity contribution in [2.75, 3.05) is 13.1 Å². The number of rotatable bonds is 4. The number of hydrogen-bond donors (Lipinski definition) is 0. The van der Waals surface area contributed by atoms with Gasteiger partial charge in [-0.05, 0) is 44.0 Å². The first-order chi connectivity index (χ1) is 13.7. The number of aryl methyl sites for hydroxylation is 2. The lowest BCUT2D eigenvalue weighted by Crippen LogP contribution is -2.38. The number of aromatic nitrogens is 4. The fraction of sp³-hybridized carbons (Fsp3) is 0.381. The summed E-state index contributed by atoms with van der Waals surface area (Å²) in [6.45, 7) is 5.39. The Labute approximate surface area is 163 Å². The molecule has 4 heterocycles. The maximum Gasteiger partial charge on any atom is 0.274 e. The summed E-state index contributed by atoms with van der Waals surface area (Å²) < 4.78 is 5.42. The van der Waals surface area contributed by atoms with Crippen molar-refractivity contribution in [3.8, 4) is 11.3 Å². The SMILES string of the molecule is CCc1onc(C)c1-c1cccc(C2CCN(C(=O)c3cccnn3)CC2)n1. The number of nitrogens with zero attached hydrogens (tertiary/aromatic N) is 5. The minimum atomic E-state index is -0.0547. The number of likely N-dealkylation sites (tertiary alicyclic amines) is 1. The number of pyridine rings is 1. The van der Waals surface area contributed by atoms with E-state index in [2.05, 4.69) is 28.3 Å². The summed E-state index contributed by atoms with van der Waals surface area (Å²) in [6, 6.07) is 9.57. The van der Waals surface area contributed by atoms with Crippen LogP contribution in [0.4, 0.5) is 0 Å². The van der Waals surface area contributed by atoms with Crippen molar-refractivity contribution in [2.24, 2.45) is 0 Å². The molecule has 1 amide bonds. The number of piperidine rings is 1. The Kier molecular flexibility index (Phi) is 5.14. The normalized spacial score (nSPS) is 15.0. The van der Waals surface area contributed by atoms with E-state index in [1.54, 1.807) is 18.3 Å². The molecule has 0 bridgehead atoms. The average molecular weight is 377 g/mol. The zero-order chi connectivity index (χ0) is 19.5. The second-order valence-electron chi connectivity index (χ2n) is 7.04. The van der Waals surface area contributed by atoms with E-state index in [1.165, 1.54) is 0 Å². The van der Waals surface area contributed by atoms with Gasteiger partial charge in [0.2, 0.25) is 0 Å². The monoisotopic (exact) mass is 377 g/mol. The molecule has 4 rings (SSSR count). The smallest absolute Gasteiger partial charge is 0.274 e. The fourth-order valence-corrected chi connectivity index (χ4v) is 3.76. The summed E-state index contributed by atoms with van der Waals surface area (Å²) in [5, 5.41) is 11.8. The van der Waals surface area contributed by atoms with Gasteiger partial charge in [0.1, 0.15) is 5.76 Å². The first-order valence-electron chi connectivity index (χ1n) is 9.66. The van der Waals surface area contributed by atoms with Gasteiger partial charge in [-0.25, -0.2) is 0 Å². The molecule has 3 aromatic rings. The molecule has 1 aliphatic heterocycles. The van der Waals surface area contributed by atoms with Crippen molar-refractivity contribution in [1.29, 1.82) is 0 Å². The molecular formula is C21H23N5O2. The van der Waals surface area contributed by atoms with Crippen molar-refractivity contribution in [3.05, 3.63) is 59.4 Å². The summed E-state index contributed by atoms with van der Waals surface area (Å²) in [6.07, 6.45) is 4.12. The molecular weight excluding hydrogens is 354 g/mol. The van der Waals surface area contributed by atoms with Gasteiger partial charge in [-0.3, -0.25) is 9.78 Å². The summed E-state index contributed by atoms with van der Waals surface area (Å²) >= 11 is 0. The zero-order valence-corrected chi connectivity index (χ0v) is 16.1. The highest BCUT2D eigenvalue weighted by Gasteiger charge is 2.26. The molecule has 1 saturated heterocycles. The molecule has 1 fully saturated rings. The lowest BCUT2D eigenvalue weighted by Gasteiger charge is -2.31. The molecule has 1 aliphatic rings. The Morgan fingerprint density at radius 2 is 2.04 bits per heavy atom. The standard InChI is InChI=1S/C21H23N5O2/c1-3-19-20(14(2)25-28-19)17-7-4-6-16(23-17)15-9-12-26(13-10-15)21(27)18-8-5-11-22-24-18/h4-8,11,15H,3,9-10,12-13H2,1-2H3. The number of amides is 1. The molecule has 7 heteroatoms. The van der Waals surface area contributed by atoms with Crippen LogP contribution in [0, 0.1) is 6.92 Å². The van der Waals surface area contributed by atoms with Gasteiger partial charge in [0, 0.05) is 37.3 Å². The Morgan fingerprint density at radius 3 is 2.75 bits per heavy atom. The molecule has 0 aliphatic carbocycles. The van der Waals surface area contributed by atoms with Crippen LogP contribution in [0.3, 0.4) is 0 Å². The predicted octanol–water partition coefficient (Wildman–Crippen LogP) is 3.42. The Bertz CT molecular complexity index is 962. The van der Waals surface area contributed by atoms with Crippen LogP contribution >= 0.6 is 0 Å². The second kappa shape index (κ2) is 7.88. The third-order valence-electron chi connectivity index (χ3n) is 5.27. The minimum absolute atomic E-state index is 0.0547. The van der Waals surface area contributed by atoms with Gasteiger partial charge in [-0.1, -0.05) is 18.1 Å². The van der Waals surface area contributed by atoms with Gasteiger partial charge < -0.3 is 9.42 Å². The third kappa shape index (κ3) is 3.52. The van der Waals surface area contributed by atoms with E-state index in [0.29, 0.717) is 24.7 Å². The van der Waals surface area contributed by atoms with Crippen molar-refractivity contribution in [1.82, 2.24) is 25.2 Å². The molecule has 28 heavy (non-hydrogen) atoms. The van der Waals surface area contributed by atoms with Crippen LogP contribution in [0.1, 0.15) is 53.3 Å². The second-order valence-corrected chi connectivity index (χ2v) is 7.04. The van der Waals surface area contributed by atoms with Crippen LogP contribution in [-0.2, 0) is 6.42 Å². The van der Waals surface area contributed by atoms with Gasteiger partial charge in [0.15, 0.2) is 5.69 Å². The van der Waals surface area contributed by atoms with Crippen LogP contribution in [-0.4, -0.2) is 44.2 Å². The van der Waals surface area contributed by atoms with Gasteiger partial charge in [-0.2, -0.15) is 5.10 Å². The number of hydrogen-bond acceptors (Lipinski definition) is 6. The lowest BCUT2D eigenvalue weighted by molar-refractivity contribution is 0.0705. The summed E-state index contributed by atoms with van der Waals surface area (Å²) in [4.78, 5) is 19.3. The third-order valence-corrected chi connectivity index (χ3v) is 5.27.